The van der Waals surface area contributed by atoms with Crippen LogP contribution >= 0.6 is 11.9 Å². The molecule has 0 aliphatic carbocycles. The van der Waals surface area contributed by atoms with Gasteiger partial charge in [0.2, 0.25) is 0 Å². The van der Waals surface area contributed by atoms with E-state index in [9.17, 15) is 0 Å². The third-order valence-electron chi connectivity index (χ3n) is 3.31. The quantitative estimate of drug-likeness (QED) is 0.738. The molecule has 0 saturated carbocycles. The summed E-state index contributed by atoms with van der Waals surface area (Å²) in [5.74, 6) is 2.91. The van der Waals surface area contributed by atoms with Crippen LogP contribution < -0.4 is 0 Å². The summed E-state index contributed by atoms with van der Waals surface area (Å²) in [5.41, 5.74) is 1.98. The van der Waals surface area contributed by atoms with Crippen LogP contribution in [0.15, 0.2) is 57.5 Å². The molecule has 3 heterocycles. The molecular formula is C15H12N2OS. The molecule has 0 saturated heterocycles. The number of allylic oxidation sites excluding steroid dienone is 2. The monoisotopic (exact) mass is 268 g/mol. The van der Waals surface area contributed by atoms with E-state index in [1.165, 1.54) is 0 Å². The van der Waals surface area contributed by atoms with Gasteiger partial charge in [0, 0.05) is 23.9 Å². The van der Waals surface area contributed by atoms with E-state index in [4.69, 9.17) is 4.42 Å². The molecular weight excluding hydrogens is 256 g/mol. The Bertz CT molecular complexity index is 694. The van der Waals surface area contributed by atoms with Crippen LogP contribution in [0, 0.1) is 0 Å². The first-order valence-electron chi connectivity index (χ1n) is 6.26. The molecule has 0 fully saturated rings. The zero-order valence-corrected chi connectivity index (χ0v) is 11.1. The Balaban J connectivity index is 1.84. The van der Waals surface area contributed by atoms with Gasteiger partial charge in [-0.3, -0.25) is 0 Å². The summed E-state index contributed by atoms with van der Waals surface area (Å²) in [6.45, 7) is 0.998. The maximum atomic E-state index is 5.94. The summed E-state index contributed by atoms with van der Waals surface area (Å²) in [6, 6.07) is 10.2. The first-order valence-corrected chi connectivity index (χ1v) is 7.20. The van der Waals surface area contributed by atoms with Crippen molar-refractivity contribution in [3.05, 3.63) is 54.4 Å². The topological polar surface area (TPSA) is 28.7 Å². The van der Waals surface area contributed by atoms with E-state index < -0.39 is 0 Å². The second kappa shape index (κ2) is 4.31. The van der Waals surface area contributed by atoms with Gasteiger partial charge < -0.3 is 9.32 Å². The van der Waals surface area contributed by atoms with Gasteiger partial charge in [0.25, 0.3) is 0 Å². The number of rotatable bonds is 1. The van der Waals surface area contributed by atoms with E-state index in [-0.39, 0.29) is 0 Å². The van der Waals surface area contributed by atoms with Crippen LogP contribution in [0.3, 0.4) is 0 Å². The molecule has 0 atom stereocenters. The molecule has 0 amide bonds. The van der Waals surface area contributed by atoms with Crippen LogP contribution in [-0.2, 0) is 0 Å². The fraction of sp³-hybridized carbons (Fsp3) is 0.133. The van der Waals surface area contributed by atoms with Crippen molar-refractivity contribution >= 4 is 34.3 Å². The Morgan fingerprint density at radius 3 is 3.16 bits per heavy atom. The highest BCUT2D eigenvalue weighted by Crippen LogP contribution is 2.30. The minimum atomic E-state index is 0.886. The zero-order chi connectivity index (χ0) is 12.7. The predicted molar refractivity (Wildman–Crippen MR) is 79.9 cm³/mol. The minimum Gasteiger partial charge on any atom is -0.456 e. The highest BCUT2D eigenvalue weighted by Gasteiger charge is 2.23. The first-order chi connectivity index (χ1) is 9.42. The van der Waals surface area contributed by atoms with Gasteiger partial charge in [-0.25, -0.2) is 0 Å². The van der Waals surface area contributed by atoms with E-state index in [2.05, 4.69) is 39.8 Å². The first kappa shape index (κ1) is 10.9. The van der Waals surface area contributed by atoms with Gasteiger partial charge in [0.05, 0.1) is 5.57 Å². The number of fused-ring (bicyclic) bond motifs is 2. The lowest BCUT2D eigenvalue weighted by atomic mass is 10.1. The van der Waals surface area contributed by atoms with Crippen molar-refractivity contribution in [1.29, 1.82) is 0 Å². The third-order valence-corrected chi connectivity index (χ3v) is 3.97. The number of benzene rings is 1. The fourth-order valence-corrected chi connectivity index (χ4v) is 3.07. The molecule has 2 aliphatic heterocycles. The molecule has 2 aromatic rings. The lowest BCUT2D eigenvalue weighted by molar-refractivity contribution is 0.578. The number of hydrogen-bond donors (Lipinski definition) is 0. The van der Waals surface area contributed by atoms with Gasteiger partial charge in [-0.05, 0) is 36.2 Å². The van der Waals surface area contributed by atoms with Crippen molar-refractivity contribution < 1.29 is 4.42 Å². The summed E-state index contributed by atoms with van der Waals surface area (Å²) in [4.78, 5) is 2.18. The molecule has 4 rings (SSSR count). The van der Waals surface area contributed by atoms with Crippen molar-refractivity contribution in [3.8, 4) is 0 Å². The molecule has 0 radical (unpaired) electrons. The molecule has 1 aromatic carbocycles. The third kappa shape index (κ3) is 1.79. The molecule has 94 valence electrons. The smallest absolute Gasteiger partial charge is 0.151 e. The summed E-state index contributed by atoms with van der Waals surface area (Å²) in [7, 11) is 0. The molecule has 0 spiro atoms. The van der Waals surface area contributed by atoms with Crippen molar-refractivity contribution in [2.75, 3.05) is 12.3 Å². The minimum absolute atomic E-state index is 0.886. The average Bonchev–Trinajstić information content (AvgIpc) is 2.90. The number of hydrogen-bond acceptors (Lipinski definition) is 4. The number of nitrogens with zero attached hydrogens (tertiary/aromatic N) is 2. The van der Waals surface area contributed by atoms with Crippen LogP contribution in [0.4, 0.5) is 0 Å². The van der Waals surface area contributed by atoms with Gasteiger partial charge >= 0.3 is 0 Å². The number of furan rings is 1. The zero-order valence-electron chi connectivity index (χ0n) is 10.2. The molecule has 0 N–H and O–H groups in total. The van der Waals surface area contributed by atoms with Gasteiger partial charge in [-0.1, -0.05) is 18.2 Å². The van der Waals surface area contributed by atoms with E-state index in [0.29, 0.717) is 0 Å². The van der Waals surface area contributed by atoms with E-state index in [1.54, 1.807) is 11.9 Å². The fourth-order valence-electron chi connectivity index (χ4n) is 2.38. The number of para-hydroxylation sites is 1. The lowest BCUT2D eigenvalue weighted by Gasteiger charge is -2.28. The molecule has 1 aromatic heterocycles. The largest absolute Gasteiger partial charge is 0.456 e. The van der Waals surface area contributed by atoms with E-state index in [0.717, 1.165) is 40.4 Å². The SMILES string of the molecule is C1=CN2CCSN=C2C(c2cc3ccccc3o2)=C1. The predicted octanol–water partition coefficient (Wildman–Crippen LogP) is 3.71. The summed E-state index contributed by atoms with van der Waals surface area (Å²) < 4.78 is 10.5. The van der Waals surface area contributed by atoms with E-state index in [1.807, 2.05) is 18.2 Å². The molecule has 2 aliphatic rings. The Morgan fingerprint density at radius 2 is 2.21 bits per heavy atom. The normalized spacial score (nSPS) is 18.2. The second-order valence-electron chi connectivity index (χ2n) is 4.51. The van der Waals surface area contributed by atoms with Crippen LogP contribution in [0.1, 0.15) is 5.76 Å². The molecule has 3 nitrogen and oxygen atoms in total. The van der Waals surface area contributed by atoms with Crippen molar-refractivity contribution in [1.82, 2.24) is 4.90 Å². The van der Waals surface area contributed by atoms with Crippen molar-refractivity contribution in [2.45, 2.75) is 0 Å². The standard InChI is InChI=1S/C15H12N2OS/c1-2-6-13-11(4-1)10-14(18-13)12-5-3-7-17-8-9-19-16-15(12)17/h1-7,10H,8-9H2. The molecule has 0 bridgehead atoms. The summed E-state index contributed by atoms with van der Waals surface area (Å²) >= 11 is 1.62. The Morgan fingerprint density at radius 1 is 1.26 bits per heavy atom. The van der Waals surface area contributed by atoms with Gasteiger partial charge in [-0.15, -0.1) is 0 Å². The average molecular weight is 268 g/mol. The van der Waals surface area contributed by atoms with Crippen LogP contribution in [0.25, 0.3) is 16.5 Å². The van der Waals surface area contributed by atoms with Crippen LogP contribution in [-0.4, -0.2) is 23.0 Å². The number of amidine groups is 1. The summed E-state index contributed by atoms with van der Waals surface area (Å²) in [6.07, 6.45) is 6.20. The van der Waals surface area contributed by atoms with Crippen LogP contribution in [0.2, 0.25) is 0 Å². The Labute approximate surface area is 115 Å². The highest BCUT2D eigenvalue weighted by molar-refractivity contribution is 7.98. The van der Waals surface area contributed by atoms with Crippen LogP contribution in [0.5, 0.6) is 0 Å². The van der Waals surface area contributed by atoms with E-state index >= 15 is 0 Å². The van der Waals surface area contributed by atoms with Gasteiger partial charge in [0.1, 0.15) is 11.3 Å². The Hall–Kier alpha value is -1.94. The summed E-state index contributed by atoms with van der Waals surface area (Å²) in [5, 5.41) is 1.13. The van der Waals surface area contributed by atoms with Gasteiger partial charge in [-0.2, -0.15) is 4.40 Å². The molecule has 19 heavy (non-hydrogen) atoms. The maximum absolute atomic E-state index is 5.94. The lowest BCUT2D eigenvalue weighted by Crippen LogP contribution is -2.32. The Kier molecular flexibility index (Phi) is 2.48. The van der Waals surface area contributed by atoms with Gasteiger partial charge in [0.15, 0.2) is 5.84 Å². The molecule has 0 unspecified atom stereocenters. The van der Waals surface area contributed by atoms with Crippen molar-refractivity contribution in [2.24, 2.45) is 4.40 Å². The maximum Gasteiger partial charge on any atom is 0.151 e. The van der Waals surface area contributed by atoms with Crippen molar-refractivity contribution in [3.63, 3.8) is 0 Å². The second-order valence-corrected chi connectivity index (χ2v) is 5.36. The highest BCUT2D eigenvalue weighted by atomic mass is 32.2. The molecule has 4 heteroatoms.